The molecule has 1 atom stereocenters. The maximum Gasteiger partial charge on any atom is 0.234 e. The van der Waals surface area contributed by atoms with Crippen LogP contribution in [0.15, 0.2) is 0 Å². The lowest BCUT2D eigenvalue weighted by molar-refractivity contribution is -0.122. The molecule has 3 N–H and O–H groups in total. The third-order valence-electron chi connectivity index (χ3n) is 3.59. The van der Waals surface area contributed by atoms with Gasteiger partial charge in [-0.1, -0.05) is 0 Å². The summed E-state index contributed by atoms with van der Waals surface area (Å²) >= 11 is 0. The van der Waals surface area contributed by atoms with Crippen LogP contribution in [0.5, 0.6) is 0 Å². The molecule has 4 heteroatoms. The Labute approximate surface area is 97.6 Å². The average molecular weight is 225 g/mol. The van der Waals surface area contributed by atoms with E-state index in [1.165, 1.54) is 25.7 Å². The monoisotopic (exact) mass is 225 g/mol. The van der Waals surface area contributed by atoms with Crippen LogP contribution in [-0.2, 0) is 4.79 Å². The van der Waals surface area contributed by atoms with Crippen LogP contribution in [-0.4, -0.2) is 43.5 Å². The normalized spacial score (nSPS) is 26.7. The Balaban J connectivity index is 1.64. The summed E-state index contributed by atoms with van der Waals surface area (Å²) in [5, 5.41) is 3.01. The van der Waals surface area contributed by atoms with E-state index in [4.69, 9.17) is 5.73 Å². The highest BCUT2D eigenvalue weighted by molar-refractivity contribution is 5.78. The molecule has 0 bridgehead atoms. The van der Waals surface area contributed by atoms with E-state index in [2.05, 4.69) is 10.2 Å². The number of nitrogens with zero attached hydrogens (tertiary/aromatic N) is 1. The number of carbonyl (C=O) groups excluding carboxylic acids is 1. The van der Waals surface area contributed by atoms with Gasteiger partial charge in [0.15, 0.2) is 0 Å². The largest absolute Gasteiger partial charge is 0.355 e. The van der Waals surface area contributed by atoms with Crippen LogP contribution >= 0.6 is 0 Å². The van der Waals surface area contributed by atoms with Gasteiger partial charge in [0.05, 0.1) is 6.54 Å². The SMILES string of the molecule is NCC1CCCN(CC(=O)NCC2CC2)C1. The van der Waals surface area contributed by atoms with Crippen molar-refractivity contribution in [2.24, 2.45) is 17.6 Å². The zero-order chi connectivity index (χ0) is 11.4. The van der Waals surface area contributed by atoms with Crippen LogP contribution in [0, 0.1) is 11.8 Å². The Kier molecular flexibility index (Phi) is 4.18. The number of carbonyl (C=O) groups is 1. The molecule has 1 aliphatic carbocycles. The van der Waals surface area contributed by atoms with E-state index in [0.29, 0.717) is 12.5 Å². The van der Waals surface area contributed by atoms with Gasteiger partial charge in [0, 0.05) is 13.1 Å². The molecule has 2 fully saturated rings. The Morgan fingerprint density at radius 1 is 1.31 bits per heavy atom. The van der Waals surface area contributed by atoms with Crippen LogP contribution in [0.3, 0.4) is 0 Å². The van der Waals surface area contributed by atoms with Gasteiger partial charge in [-0.15, -0.1) is 0 Å². The molecule has 1 unspecified atom stereocenters. The molecule has 0 aromatic heterocycles. The maximum absolute atomic E-state index is 11.7. The van der Waals surface area contributed by atoms with E-state index in [0.717, 1.165) is 32.1 Å². The highest BCUT2D eigenvalue weighted by atomic mass is 16.2. The average Bonchev–Trinajstić information content (AvgIpc) is 3.10. The molecule has 1 aliphatic heterocycles. The lowest BCUT2D eigenvalue weighted by Crippen LogP contribution is -2.44. The number of piperidine rings is 1. The number of rotatable bonds is 5. The summed E-state index contributed by atoms with van der Waals surface area (Å²) in [7, 11) is 0. The summed E-state index contributed by atoms with van der Waals surface area (Å²) in [5.41, 5.74) is 5.68. The Hall–Kier alpha value is -0.610. The van der Waals surface area contributed by atoms with Crippen molar-refractivity contribution in [2.45, 2.75) is 25.7 Å². The highest BCUT2D eigenvalue weighted by Crippen LogP contribution is 2.27. The van der Waals surface area contributed by atoms with E-state index in [1.54, 1.807) is 0 Å². The molecule has 16 heavy (non-hydrogen) atoms. The summed E-state index contributed by atoms with van der Waals surface area (Å²) in [6.45, 7) is 4.23. The lowest BCUT2D eigenvalue weighted by atomic mass is 9.98. The van der Waals surface area contributed by atoms with Gasteiger partial charge in [-0.3, -0.25) is 9.69 Å². The van der Waals surface area contributed by atoms with Gasteiger partial charge < -0.3 is 11.1 Å². The first kappa shape index (κ1) is 11.9. The Morgan fingerprint density at radius 3 is 2.81 bits per heavy atom. The fourth-order valence-electron chi connectivity index (χ4n) is 2.33. The van der Waals surface area contributed by atoms with E-state index in [-0.39, 0.29) is 5.91 Å². The predicted octanol–water partition coefficient (Wildman–Crippen LogP) is 0.183. The van der Waals surface area contributed by atoms with Gasteiger partial charge in [-0.05, 0) is 50.6 Å². The number of amides is 1. The molecule has 4 nitrogen and oxygen atoms in total. The minimum absolute atomic E-state index is 0.185. The second-order valence-corrected chi connectivity index (χ2v) is 5.23. The van der Waals surface area contributed by atoms with Crippen molar-refractivity contribution in [3.05, 3.63) is 0 Å². The quantitative estimate of drug-likeness (QED) is 0.702. The van der Waals surface area contributed by atoms with E-state index in [9.17, 15) is 4.79 Å². The van der Waals surface area contributed by atoms with Crippen molar-refractivity contribution in [3.63, 3.8) is 0 Å². The fourth-order valence-corrected chi connectivity index (χ4v) is 2.33. The zero-order valence-electron chi connectivity index (χ0n) is 9.95. The molecule has 92 valence electrons. The van der Waals surface area contributed by atoms with Crippen molar-refractivity contribution in [1.82, 2.24) is 10.2 Å². The molecule has 0 aromatic carbocycles. The molecule has 1 saturated heterocycles. The molecular formula is C12H23N3O. The van der Waals surface area contributed by atoms with Crippen molar-refractivity contribution in [2.75, 3.05) is 32.7 Å². The molecule has 2 aliphatic rings. The van der Waals surface area contributed by atoms with Gasteiger partial charge in [-0.2, -0.15) is 0 Å². The first-order chi connectivity index (χ1) is 7.78. The number of hydrogen-bond acceptors (Lipinski definition) is 3. The van der Waals surface area contributed by atoms with Crippen molar-refractivity contribution >= 4 is 5.91 Å². The van der Waals surface area contributed by atoms with Crippen LogP contribution in [0.25, 0.3) is 0 Å². The standard InChI is InChI=1S/C12H23N3O/c13-6-11-2-1-5-15(8-11)9-12(16)14-7-10-3-4-10/h10-11H,1-9,13H2,(H,14,16). The minimum atomic E-state index is 0.185. The van der Waals surface area contributed by atoms with Gasteiger partial charge in [-0.25, -0.2) is 0 Å². The second kappa shape index (κ2) is 5.64. The molecule has 0 aromatic rings. The predicted molar refractivity (Wildman–Crippen MR) is 64.0 cm³/mol. The Morgan fingerprint density at radius 2 is 2.12 bits per heavy atom. The fraction of sp³-hybridized carbons (Fsp3) is 0.917. The van der Waals surface area contributed by atoms with Crippen LogP contribution in [0.2, 0.25) is 0 Å². The van der Waals surface area contributed by atoms with E-state index >= 15 is 0 Å². The summed E-state index contributed by atoms with van der Waals surface area (Å²) in [4.78, 5) is 13.9. The summed E-state index contributed by atoms with van der Waals surface area (Å²) in [6, 6.07) is 0. The van der Waals surface area contributed by atoms with Gasteiger partial charge in [0.1, 0.15) is 0 Å². The molecule has 0 spiro atoms. The smallest absolute Gasteiger partial charge is 0.234 e. The van der Waals surface area contributed by atoms with Gasteiger partial charge >= 0.3 is 0 Å². The topological polar surface area (TPSA) is 58.4 Å². The Bertz CT molecular complexity index is 240. The van der Waals surface area contributed by atoms with E-state index in [1.807, 2.05) is 0 Å². The third-order valence-corrected chi connectivity index (χ3v) is 3.59. The highest BCUT2D eigenvalue weighted by Gasteiger charge is 2.23. The molecular weight excluding hydrogens is 202 g/mol. The van der Waals surface area contributed by atoms with Crippen molar-refractivity contribution in [3.8, 4) is 0 Å². The molecule has 2 rings (SSSR count). The second-order valence-electron chi connectivity index (χ2n) is 5.23. The van der Waals surface area contributed by atoms with Crippen LogP contribution < -0.4 is 11.1 Å². The third kappa shape index (κ3) is 3.76. The van der Waals surface area contributed by atoms with Crippen LogP contribution in [0.4, 0.5) is 0 Å². The number of nitrogens with one attached hydrogen (secondary N) is 1. The summed E-state index contributed by atoms with van der Waals surface area (Å²) in [6.07, 6.45) is 4.98. The molecule has 1 amide bonds. The van der Waals surface area contributed by atoms with Crippen molar-refractivity contribution in [1.29, 1.82) is 0 Å². The molecule has 1 heterocycles. The zero-order valence-corrected chi connectivity index (χ0v) is 9.95. The van der Waals surface area contributed by atoms with Crippen LogP contribution in [0.1, 0.15) is 25.7 Å². The lowest BCUT2D eigenvalue weighted by Gasteiger charge is -2.31. The minimum Gasteiger partial charge on any atom is -0.355 e. The molecule has 0 radical (unpaired) electrons. The van der Waals surface area contributed by atoms with Crippen molar-refractivity contribution < 1.29 is 4.79 Å². The maximum atomic E-state index is 11.7. The number of hydrogen-bond donors (Lipinski definition) is 2. The first-order valence-electron chi connectivity index (χ1n) is 6.47. The number of likely N-dealkylation sites (tertiary alicyclic amines) is 1. The summed E-state index contributed by atoms with van der Waals surface area (Å²) < 4.78 is 0. The first-order valence-corrected chi connectivity index (χ1v) is 6.47. The van der Waals surface area contributed by atoms with Gasteiger partial charge in [0.25, 0.3) is 0 Å². The van der Waals surface area contributed by atoms with E-state index < -0.39 is 0 Å². The summed E-state index contributed by atoms with van der Waals surface area (Å²) in [5.74, 6) is 1.54. The number of nitrogens with two attached hydrogens (primary N) is 1. The van der Waals surface area contributed by atoms with Gasteiger partial charge in [0.2, 0.25) is 5.91 Å². The molecule has 1 saturated carbocycles.